The first-order valence-electron chi connectivity index (χ1n) is 55.6. The Morgan fingerprint density at radius 1 is 0.230 bits per heavy atom. The zero-order valence-electron chi connectivity index (χ0n) is 100.0. The van der Waals surface area contributed by atoms with Gasteiger partial charge in [0.05, 0.1) is 16.1 Å². The van der Waals surface area contributed by atoms with E-state index < -0.39 is 23.5 Å². The summed E-state index contributed by atoms with van der Waals surface area (Å²) in [5, 5.41) is 0. The third-order valence-electron chi connectivity index (χ3n) is 34.3. The molecule has 0 nitrogen and oxygen atoms in total. The Bertz CT molecular complexity index is 7300. The van der Waals surface area contributed by atoms with Crippen LogP contribution in [0.1, 0.15) is 406 Å². The molecule has 4 heteroatoms. The van der Waals surface area contributed by atoms with Crippen molar-refractivity contribution in [2.24, 2.45) is 0 Å². The molecule has 12 aromatic carbocycles. The van der Waals surface area contributed by atoms with Crippen LogP contribution in [0.15, 0.2) is 234 Å². The van der Waals surface area contributed by atoms with Gasteiger partial charge in [0.25, 0.3) is 0 Å². The van der Waals surface area contributed by atoms with Crippen LogP contribution in [0.2, 0.25) is 39.3 Å². The maximum atomic E-state index is 6.96. The van der Waals surface area contributed by atoms with Crippen LogP contribution >= 0.6 is 11.1 Å². The lowest BCUT2D eigenvalue weighted by Crippen LogP contribution is -2.42. The van der Waals surface area contributed by atoms with Gasteiger partial charge in [-0.15, -0.1) is 0 Å². The zero-order chi connectivity index (χ0) is 109. The molecule has 5 unspecified atom stereocenters. The second-order valence-corrected chi connectivity index (χ2v) is 73.1. The molecule has 0 aromatic heterocycles. The lowest BCUT2D eigenvalue weighted by atomic mass is 9.78. The number of benzene rings is 12. The van der Waals surface area contributed by atoms with E-state index in [1.807, 2.05) is 0 Å². The summed E-state index contributed by atoms with van der Waals surface area (Å²) >= 11 is 6.96. The maximum Gasteiger partial charge on any atom is 0.161 e. The van der Waals surface area contributed by atoms with Crippen LogP contribution in [-0.4, -0.2) is 23.5 Å². The van der Waals surface area contributed by atoms with Gasteiger partial charge in [0, 0.05) is 27.7 Å². The molecule has 0 radical (unpaired) electrons. The quantitative estimate of drug-likeness (QED) is 0.0894. The van der Waals surface area contributed by atoms with Crippen molar-refractivity contribution in [3.63, 3.8) is 0 Å². The molecule has 0 amide bonds. The molecule has 0 heterocycles. The van der Waals surface area contributed by atoms with Crippen molar-refractivity contribution in [3.8, 4) is 66.8 Å². The number of halogens is 1. The number of fused-ring (bicyclic) bond motifs is 6. The number of hydrogen-bond donors (Lipinski definition) is 0. The second-order valence-electron chi connectivity index (χ2n) is 56.8. The van der Waals surface area contributed by atoms with Crippen LogP contribution in [0.3, 0.4) is 0 Å². The largest absolute Gasteiger partial charge is 0.167 e. The van der Waals surface area contributed by atoms with Gasteiger partial charge in [0.1, 0.15) is 0 Å². The number of rotatable bonds is 11. The number of hydrogen-bond acceptors (Lipinski definition) is 0. The first-order valence-corrected chi connectivity index (χ1v) is 66.0. The van der Waals surface area contributed by atoms with E-state index in [0.29, 0.717) is 27.7 Å². The van der Waals surface area contributed by atoms with Gasteiger partial charge < -0.3 is 0 Å². The third kappa shape index (κ3) is 21.8. The first kappa shape index (κ1) is 112. The molecule has 0 saturated carbocycles. The second kappa shape index (κ2) is 39.9. The molecule has 0 spiro atoms. The van der Waals surface area contributed by atoms with Crippen LogP contribution in [0.4, 0.5) is 0 Å². The van der Waals surface area contributed by atoms with Crippen molar-refractivity contribution in [2.75, 3.05) is 0 Å². The Kier molecular flexibility index (Phi) is 30.2. The Labute approximate surface area is 906 Å². The molecule has 18 rings (SSSR count). The van der Waals surface area contributed by atoms with Crippen molar-refractivity contribution >= 4 is 71.1 Å². The normalized spacial score (nSPS) is 17.3. The molecule has 6 aliphatic rings. The van der Waals surface area contributed by atoms with Crippen LogP contribution in [-0.2, 0) is 55.2 Å². The molecule has 0 N–H and O–H groups in total. The van der Waals surface area contributed by atoms with Gasteiger partial charge in [-0.1, -0.05) is 496 Å². The molecule has 6 aliphatic carbocycles. The first-order chi connectivity index (χ1) is 68.2. The molecule has 0 saturated heterocycles. The standard InChI is InChI=1S/2C48H60Si.C25H32.C23H29ClSi/c1-29-21-22-37(34-25-35(46(5,6)7)27-36(26-34)47(8,9)10)43-38(29)23-31(3)45(43)49(14,15)44-30(2)24-39-40(44)28-41(48(11,12)13)32(4)42(39)33-19-17-16-18-20-33;1-29-21-22-37(34-25-35(46(5,6)7)27-36(26-34)47(8,9)10)38-24-31(3)45(42(29)38)49(14,15)44-30(2)23-39-40(44)28-41(48(11,12)13)32(4)43(39)33-19-17-16-18-20-33;1-16-11-22-17(2)9-10-21(23(22)12-16)18-13-19(24(3,4)5)15-20(14-18)25(6,7)8;1-15-13-18-19(22(15)25(6,7)24)14-20(23(3,4)5)16(2)21(18)17-11-9-8-10-12-17/h2*16-28,44-45H,1-15H3;9-10,12-15H,11H2,1-8H3;8-14,22H,1-7H3. The highest BCUT2D eigenvalue weighted by atomic mass is 35.6. The summed E-state index contributed by atoms with van der Waals surface area (Å²) in [7, 11) is -6.03. The molecule has 776 valence electrons. The average Bonchev–Trinajstić information content (AvgIpc) is 1.50. The van der Waals surface area contributed by atoms with Gasteiger partial charge in [-0.05, 0) is 355 Å². The van der Waals surface area contributed by atoms with E-state index in [0.717, 1.165) is 6.42 Å². The number of aryl methyl sites for hydroxylation is 3. The fourth-order valence-corrected chi connectivity index (χ4v) is 39.8. The van der Waals surface area contributed by atoms with Crippen LogP contribution in [0, 0.1) is 41.5 Å². The van der Waals surface area contributed by atoms with Gasteiger partial charge in [-0.25, -0.2) is 0 Å². The van der Waals surface area contributed by atoms with Crippen LogP contribution in [0.25, 0.3) is 103 Å². The topological polar surface area (TPSA) is 0 Å². The summed E-state index contributed by atoms with van der Waals surface area (Å²) in [4.78, 5) is 0. The predicted molar refractivity (Wildman–Crippen MR) is 666 cm³/mol. The van der Waals surface area contributed by atoms with Gasteiger partial charge in [0.2, 0.25) is 0 Å². The summed E-state index contributed by atoms with van der Waals surface area (Å²) in [6.07, 6.45) is 16.1. The van der Waals surface area contributed by atoms with E-state index in [4.69, 9.17) is 11.1 Å². The van der Waals surface area contributed by atoms with Crippen molar-refractivity contribution in [2.45, 2.75) is 392 Å². The lowest BCUT2D eigenvalue weighted by Gasteiger charge is -2.40. The van der Waals surface area contributed by atoms with Crippen LogP contribution < -0.4 is 0 Å². The van der Waals surface area contributed by atoms with Crippen LogP contribution in [0.5, 0.6) is 0 Å². The van der Waals surface area contributed by atoms with E-state index >= 15 is 0 Å². The smallest absolute Gasteiger partial charge is 0.161 e. The Morgan fingerprint density at radius 3 is 0.811 bits per heavy atom. The summed E-state index contributed by atoms with van der Waals surface area (Å²) in [6, 6.07) is 77.1. The Balaban J connectivity index is 0.000000155. The van der Waals surface area contributed by atoms with E-state index in [2.05, 4.69) is 546 Å². The highest BCUT2D eigenvalue weighted by Crippen LogP contribution is 2.61. The molecule has 148 heavy (non-hydrogen) atoms. The fraction of sp³-hybridized carbons (Fsp3) is 0.417. The van der Waals surface area contributed by atoms with E-state index in [9.17, 15) is 0 Å². The van der Waals surface area contributed by atoms with E-state index in [1.165, 1.54) is 228 Å². The summed E-state index contributed by atoms with van der Waals surface area (Å²) < 4.78 is 0. The Morgan fingerprint density at radius 2 is 0.493 bits per heavy atom. The molecule has 0 aliphatic heterocycles. The van der Waals surface area contributed by atoms with E-state index in [1.54, 1.807) is 22.3 Å². The third-order valence-corrected chi connectivity index (χ3v) is 46.0. The predicted octanol–water partition coefficient (Wildman–Crippen LogP) is 42.7. The molecule has 0 bridgehead atoms. The fourth-order valence-electron chi connectivity index (χ4n) is 26.8. The summed E-state index contributed by atoms with van der Waals surface area (Å²) in [5.41, 5.74) is 67.8. The minimum Gasteiger partial charge on any atom is -0.167 e. The van der Waals surface area contributed by atoms with Gasteiger partial charge in [-0.2, -0.15) is 11.1 Å². The molecule has 5 atom stereocenters. The molecular weight excluding hydrogens is 1850 g/mol. The minimum absolute atomic E-state index is 0.0538. The summed E-state index contributed by atoms with van der Waals surface area (Å²) in [6.45, 7) is 107. The minimum atomic E-state index is -2.11. The van der Waals surface area contributed by atoms with E-state index in [-0.39, 0.29) is 48.7 Å². The average molecular weight is 2030 g/mol. The molecule has 12 aromatic rings. The highest BCUT2D eigenvalue weighted by Gasteiger charge is 2.52. The maximum absolute atomic E-state index is 6.96. The molecule has 0 fully saturated rings. The number of allylic oxidation sites excluding steroid dienone is 6. The van der Waals surface area contributed by atoms with Gasteiger partial charge >= 0.3 is 0 Å². The lowest BCUT2D eigenvalue weighted by molar-refractivity contribution is 0.568. The van der Waals surface area contributed by atoms with Crippen molar-refractivity contribution in [3.05, 3.63) is 384 Å². The van der Waals surface area contributed by atoms with Gasteiger partial charge in [-0.3, -0.25) is 0 Å². The van der Waals surface area contributed by atoms with Gasteiger partial charge in [0.15, 0.2) is 7.38 Å². The van der Waals surface area contributed by atoms with Crippen molar-refractivity contribution < 1.29 is 0 Å². The SMILES string of the molecule is CC1=Cc2c(-c3cc(C(C)(C)C)cc(C(C)(C)C)c3)ccc(C)c2C1.CC1=Cc2c(cc(C(C)(C)C)c(C)c2-c2ccccc2)C1[Si](C)(C)C1C(C)=Cc2c(-c3cc(C(C)(C)C)cc(C(C)(C)C)c3)ccc(C)c21.CC1=Cc2c(cc(C(C)(C)C)c(C)c2-c2ccccc2)C1[Si](C)(C)C1C(C)=Cc2c(C)ccc(-c3cc(C(C)(C)C)cc(C(C)(C)C)c3)c21.CC1=Cc2c(cc(C(C)(C)C)c(C)c2-c2ccccc2)C1[Si](C)(C)Cl. The Hall–Kier alpha value is -9.98. The van der Waals surface area contributed by atoms with Crippen molar-refractivity contribution in [1.29, 1.82) is 0 Å². The molecular formula is C144H181ClSi3. The van der Waals surface area contributed by atoms with Crippen molar-refractivity contribution in [1.82, 2.24) is 0 Å². The highest BCUT2D eigenvalue weighted by molar-refractivity contribution is 7.20. The summed E-state index contributed by atoms with van der Waals surface area (Å²) in [5.74, 6) is 0. The zero-order valence-corrected chi connectivity index (χ0v) is 104. The monoisotopic (exact) mass is 2030 g/mol.